The summed E-state index contributed by atoms with van der Waals surface area (Å²) in [4.78, 5) is 0. The Morgan fingerprint density at radius 2 is 1.12 bits per heavy atom. The van der Waals surface area contributed by atoms with E-state index in [1.165, 1.54) is 85.7 Å². The maximum Gasteiger partial charge on any atom is 0.216 e. The Bertz CT molecular complexity index is 2160. The van der Waals surface area contributed by atoms with E-state index in [2.05, 4.69) is 141 Å². The third-order valence-electron chi connectivity index (χ3n) is 11.7. The van der Waals surface area contributed by atoms with Gasteiger partial charge in [-0.25, -0.2) is 0 Å². The van der Waals surface area contributed by atoms with Crippen LogP contribution in [0.3, 0.4) is 0 Å². The SMILES string of the molecule is CC12CCCCC1(C)c1cc(-c3ccc4ccc5c(-c6ccccc6)ccc6ccc3c4c65)ccc1B2c1ccccc1. The zero-order chi connectivity index (χ0) is 28.8. The Morgan fingerprint density at radius 3 is 1.79 bits per heavy atom. The van der Waals surface area contributed by atoms with Crippen LogP contribution in [0.1, 0.15) is 45.1 Å². The second-order valence-electron chi connectivity index (χ2n) is 13.6. The van der Waals surface area contributed by atoms with E-state index in [1.54, 1.807) is 11.0 Å². The summed E-state index contributed by atoms with van der Waals surface area (Å²) >= 11 is 0. The topological polar surface area (TPSA) is 0 Å². The van der Waals surface area contributed by atoms with Crippen LogP contribution in [0, 0.1) is 0 Å². The van der Waals surface area contributed by atoms with Crippen molar-refractivity contribution in [3.05, 3.63) is 133 Å². The first kappa shape index (κ1) is 25.2. The highest BCUT2D eigenvalue weighted by molar-refractivity contribution is 6.89. The van der Waals surface area contributed by atoms with Gasteiger partial charge in [0.15, 0.2) is 0 Å². The Kier molecular flexibility index (Phi) is 5.31. The van der Waals surface area contributed by atoms with Crippen LogP contribution in [-0.2, 0) is 5.41 Å². The molecule has 7 aromatic rings. The van der Waals surface area contributed by atoms with Crippen molar-refractivity contribution in [1.29, 1.82) is 0 Å². The molecule has 1 aliphatic carbocycles. The lowest BCUT2D eigenvalue weighted by Crippen LogP contribution is -2.51. The molecular weight excluding hydrogens is 515 g/mol. The van der Waals surface area contributed by atoms with Gasteiger partial charge in [-0.3, -0.25) is 0 Å². The smallest absolute Gasteiger partial charge is 0.0735 e. The summed E-state index contributed by atoms with van der Waals surface area (Å²) in [6, 6.07) is 48.3. The summed E-state index contributed by atoms with van der Waals surface area (Å²) in [6.07, 6.45) is 5.20. The molecule has 2 unspecified atom stereocenters. The first-order chi connectivity index (χ1) is 21.1. The zero-order valence-electron chi connectivity index (χ0n) is 25.0. The minimum Gasteiger partial charge on any atom is -0.0735 e. The summed E-state index contributed by atoms with van der Waals surface area (Å²) in [6.45, 7) is 5.61. The van der Waals surface area contributed by atoms with E-state index >= 15 is 0 Å². The minimum atomic E-state index is 0.172. The molecule has 9 rings (SSSR count). The van der Waals surface area contributed by atoms with Gasteiger partial charge in [-0.15, -0.1) is 0 Å². The van der Waals surface area contributed by atoms with Gasteiger partial charge in [0.25, 0.3) is 0 Å². The van der Waals surface area contributed by atoms with Gasteiger partial charge in [0.05, 0.1) is 0 Å². The lowest BCUT2D eigenvalue weighted by molar-refractivity contribution is 0.243. The number of fused-ring (bicyclic) bond motifs is 3. The first-order valence-electron chi connectivity index (χ1n) is 16.0. The molecular formula is C42H35B. The Morgan fingerprint density at radius 1 is 0.535 bits per heavy atom. The predicted octanol–water partition coefficient (Wildman–Crippen LogP) is 10.1. The lowest BCUT2D eigenvalue weighted by Gasteiger charge is -2.48. The Hall–Kier alpha value is -4.36. The van der Waals surface area contributed by atoms with Crippen LogP contribution in [-0.4, -0.2) is 6.71 Å². The second kappa shape index (κ2) is 9.07. The summed E-state index contributed by atoms with van der Waals surface area (Å²) in [7, 11) is 0. The van der Waals surface area contributed by atoms with Crippen molar-refractivity contribution >= 4 is 50.0 Å². The summed E-state index contributed by atoms with van der Waals surface area (Å²) in [5.74, 6) is 0. The van der Waals surface area contributed by atoms with Crippen LogP contribution in [0.5, 0.6) is 0 Å². The highest BCUT2D eigenvalue weighted by atomic mass is 14.5. The van der Waals surface area contributed by atoms with Gasteiger partial charge in [-0.05, 0) is 77.3 Å². The van der Waals surface area contributed by atoms with E-state index in [1.807, 2.05) is 0 Å². The standard InChI is InChI=1S/C42H35B/c1-41-25-9-10-26-42(41,2)43(32-13-7-4-8-14-32)38-24-19-31(27-37(38)41)34-21-16-30-17-22-35-33(28-11-5-3-6-12-28)20-15-29-18-23-36(34)40(30)39(29)35/h3-8,11-24,27H,9-10,25-26H2,1-2H3. The quantitative estimate of drug-likeness (QED) is 0.152. The van der Waals surface area contributed by atoms with E-state index in [9.17, 15) is 0 Å². The van der Waals surface area contributed by atoms with Gasteiger partial charge < -0.3 is 0 Å². The molecule has 0 radical (unpaired) electrons. The van der Waals surface area contributed by atoms with Crippen LogP contribution in [0.25, 0.3) is 54.6 Å². The van der Waals surface area contributed by atoms with Crippen LogP contribution in [0.2, 0.25) is 5.31 Å². The van der Waals surface area contributed by atoms with Crippen molar-refractivity contribution in [3.63, 3.8) is 0 Å². The first-order valence-corrected chi connectivity index (χ1v) is 16.0. The average Bonchev–Trinajstić information content (AvgIpc) is 3.27. The molecule has 2 aliphatic rings. The van der Waals surface area contributed by atoms with Gasteiger partial charge in [-0.2, -0.15) is 0 Å². The zero-order valence-corrected chi connectivity index (χ0v) is 25.0. The lowest BCUT2D eigenvalue weighted by atomic mass is 9.26. The molecule has 0 saturated heterocycles. The fraction of sp³-hybridized carbons (Fsp3) is 0.190. The molecule has 1 heteroatoms. The van der Waals surface area contributed by atoms with Crippen LogP contribution >= 0.6 is 0 Å². The third kappa shape index (κ3) is 3.40. The van der Waals surface area contributed by atoms with Crippen LogP contribution in [0.15, 0.2) is 127 Å². The highest BCUT2D eigenvalue weighted by Gasteiger charge is 2.60. The molecule has 7 aromatic carbocycles. The molecule has 1 aliphatic heterocycles. The summed E-state index contributed by atoms with van der Waals surface area (Å²) < 4.78 is 0. The van der Waals surface area contributed by atoms with Gasteiger partial charge in [0, 0.05) is 0 Å². The minimum absolute atomic E-state index is 0.172. The second-order valence-corrected chi connectivity index (χ2v) is 13.6. The maximum absolute atomic E-state index is 2.59. The van der Waals surface area contributed by atoms with Crippen molar-refractivity contribution < 1.29 is 0 Å². The number of benzene rings is 7. The van der Waals surface area contributed by atoms with E-state index in [4.69, 9.17) is 0 Å². The monoisotopic (exact) mass is 550 g/mol. The molecule has 1 fully saturated rings. The van der Waals surface area contributed by atoms with Gasteiger partial charge in [0.2, 0.25) is 6.71 Å². The maximum atomic E-state index is 2.59. The largest absolute Gasteiger partial charge is 0.216 e. The van der Waals surface area contributed by atoms with E-state index in [0.29, 0.717) is 6.71 Å². The Labute approximate surface area is 254 Å². The Balaban J connectivity index is 1.27. The summed E-state index contributed by atoms with van der Waals surface area (Å²) in [5.41, 5.74) is 10.1. The molecule has 1 heterocycles. The van der Waals surface area contributed by atoms with Crippen LogP contribution in [0.4, 0.5) is 0 Å². The van der Waals surface area contributed by atoms with Crippen LogP contribution < -0.4 is 10.9 Å². The van der Waals surface area contributed by atoms with Gasteiger partial charge in [-0.1, -0.05) is 171 Å². The van der Waals surface area contributed by atoms with Crippen molar-refractivity contribution in [2.24, 2.45) is 0 Å². The molecule has 0 nitrogen and oxygen atoms in total. The van der Waals surface area contributed by atoms with Gasteiger partial charge in [0.1, 0.15) is 0 Å². The fourth-order valence-electron chi connectivity index (χ4n) is 9.35. The van der Waals surface area contributed by atoms with Crippen molar-refractivity contribution in [1.82, 2.24) is 0 Å². The average molecular weight is 551 g/mol. The molecule has 0 N–H and O–H groups in total. The van der Waals surface area contributed by atoms with Crippen molar-refractivity contribution in [3.8, 4) is 22.3 Å². The molecule has 0 amide bonds. The summed E-state index contributed by atoms with van der Waals surface area (Å²) in [5, 5.41) is 8.33. The fourth-order valence-corrected chi connectivity index (χ4v) is 9.35. The normalized spacial score (nSPS) is 21.5. The molecule has 43 heavy (non-hydrogen) atoms. The van der Waals surface area contributed by atoms with Gasteiger partial charge >= 0.3 is 0 Å². The van der Waals surface area contributed by atoms with Crippen molar-refractivity contribution in [2.45, 2.75) is 50.3 Å². The molecule has 1 saturated carbocycles. The highest BCUT2D eigenvalue weighted by Crippen LogP contribution is 2.62. The van der Waals surface area contributed by atoms with E-state index < -0.39 is 0 Å². The molecule has 0 bridgehead atoms. The molecule has 0 spiro atoms. The predicted molar refractivity (Wildman–Crippen MR) is 187 cm³/mol. The number of hydrogen-bond donors (Lipinski definition) is 0. The molecule has 206 valence electrons. The number of hydrogen-bond acceptors (Lipinski definition) is 0. The van der Waals surface area contributed by atoms with E-state index in [-0.39, 0.29) is 10.7 Å². The third-order valence-corrected chi connectivity index (χ3v) is 11.7. The number of rotatable bonds is 3. The molecule has 2 atom stereocenters. The van der Waals surface area contributed by atoms with Crippen molar-refractivity contribution in [2.75, 3.05) is 0 Å². The molecule has 0 aromatic heterocycles. The van der Waals surface area contributed by atoms with E-state index in [0.717, 1.165) is 0 Å².